The van der Waals surface area contributed by atoms with Gasteiger partial charge in [0.1, 0.15) is 17.5 Å². The molecule has 0 heterocycles. The molecule has 35 heavy (non-hydrogen) atoms. The van der Waals surface area contributed by atoms with Crippen LogP contribution in [0, 0.1) is 0 Å². The lowest BCUT2D eigenvalue weighted by Crippen LogP contribution is -2.42. The van der Waals surface area contributed by atoms with Gasteiger partial charge in [0, 0.05) is 12.0 Å². The number of aliphatic carboxylic acids is 1. The first kappa shape index (κ1) is 25.5. The highest BCUT2D eigenvalue weighted by Crippen LogP contribution is 2.22. The van der Waals surface area contributed by atoms with E-state index in [2.05, 4.69) is 26.1 Å². The third-order valence-electron chi connectivity index (χ3n) is 5.52. The molecule has 0 aliphatic carbocycles. The zero-order valence-corrected chi connectivity index (χ0v) is 20.2. The number of hydrogen-bond donors (Lipinski definition) is 2. The highest BCUT2D eigenvalue weighted by molar-refractivity contribution is 5.96. The van der Waals surface area contributed by atoms with E-state index in [0.29, 0.717) is 28.2 Å². The zero-order valence-electron chi connectivity index (χ0n) is 20.2. The third-order valence-corrected chi connectivity index (χ3v) is 5.52. The summed E-state index contributed by atoms with van der Waals surface area (Å²) in [6.07, 6.45) is 0.0772. The molecule has 1 unspecified atom stereocenters. The number of hydrogen-bond acceptors (Lipinski definition) is 5. The first-order valence-corrected chi connectivity index (χ1v) is 11.2. The number of carboxylic acid groups (broad SMARTS) is 1. The SMILES string of the molecule is COc1ccc(C(=O)Oc2ccc(CC(NC(=O)c3ccc(C(C)(C)C)cc3)C(=O)O)cc2)cc1. The summed E-state index contributed by atoms with van der Waals surface area (Å²) < 4.78 is 10.4. The molecule has 7 heteroatoms. The smallest absolute Gasteiger partial charge is 0.343 e. The van der Waals surface area contributed by atoms with Crippen LogP contribution in [0.3, 0.4) is 0 Å². The summed E-state index contributed by atoms with van der Waals surface area (Å²) >= 11 is 0. The Morgan fingerprint density at radius 1 is 0.829 bits per heavy atom. The second-order valence-electron chi connectivity index (χ2n) is 9.16. The van der Waals surface area contributed by atoms with Gasteiger partial charge < -0.3 is 19.9 Å². The second-order valence-corrected chi connectivity index (χ2v) is 9.16. The molecule has 0 aromatic heterocycles. The van der Waals surface area contributed by atoms with Gasteiger partial charge in [-0.1, -0.05) is 45.0 Å². The van der Waals surface area contributed by atoms with Crippen molar-refractivity contribution < 1.29 is 29.0 Å². The molecule has 0 aliphatic heterocycles. The van der Waals surface area contributed by atoms with Gasteiger partial charge in [-0.25, -0.2) is 9.59 Å². The molecular weight excluding hydrogens is 446 g/mol. The number of carboxylic acids is 1. The van der Waals surface area contributed by atoms with E-state index in [1.807, 2.05) is 12.1 Å². The summed E-state index contributed by atoms with van der Waals surface area (Å²) in [5.74, 6) is -1.16. The highest BCUT2D eigenvalue weighted by Gasteiger charge is 2.22. The minimum absolute atomic E-state index is 0.0479. The van der Waals surface area contributed by atoms with E-state index in [1.165, 1.54) is 0 Å². The van der Waals surface area contributed by atoms with Crippen LogP contribution < -0.4 is 14.8 Å². The van der Waals surface area contributed by atoms with E-state index >= 15 is 0 Å². The Balaban J connectivity index is 1.62. The summed E-state index contributed by atoms with van der Waals surface area (Å²) in [5, 5.41) is 12.2. The van der Waals surface area contributed by atoms with Crippen LogP contribution in [0.2, 0.25) is 0 Å². The summed E-state index contributed by atoms with van der Waals surface area (Å²) in [6.45, 7) is 6.23. The number of methoxy groups -OCH3 is 1. The van der Waals surface area contributed by atoms with Crippen LogP contribution in [0.25, 0.3) is 0 Å². The Bertz CT molecular complexity index is 1180. The fourth-order valence-electron chi connectivity index (χ4n) is 3.39. The van der Waals surface area contributed by atoms with Crippen LogP contribution in [0.1, 0.15) is 52.6 Å². The molecule has 1 atom stereocenters. The molecule has 0 bridgehead atoms. The maximum atomic E-state index is 12.6. The Morgan fingerprint density at radius 3 is 1.89 bits per heavy atom. The minimum atomic E-state index is -1.14. The third kappa shape index (κ3) is 6.93. The number of rotatable bonds is 8. The summed E-state index contributed by atoms with van der Waals surface area (Å²) in [5.41, 5.74) is 2.47. The molecule has 0 saturated heterocycles. The molecular formula is C28H29NO6. The molecule has 0 fully saturated rings. The molecule has 3 rings (SSSR count). The quantitative estimate of drug-likeness (QED) is 0.364. The van der Waals surface area contributed by atoms with Crippen molar-refractivity contribution in [3.63, 3.8) is 0 Å². The molecule has 0 spiro atoms. The molecule has 0 radical (unpaired) electrons. The van der Waals surface area contributed by atoms with E-state index in [1.54, 1.807) is 67.8 Å². The van der Waals surface area contributed by atoms with Gasteiger partial charge >= 0.3 is 11.9 Å². The highest BCUT2D eigenvalue weighted by atomic mass is 16.5. The lowest BCUT2D eigenvalue weighted by atomic mass is 9.86. The lowest BCUT2D eigenvalue weighted by molar-refractivity contribution is -0.139. The maximum absolute atomic E-state index is 12.6. The van der Waals surface area contributed by atoms with Crippen LogP contribution in [0.5, 0.6) is 11.5 Å². The molecule has 1 amide bonds. The normalized spacial score (nSPS) is 11.9. The number of amides is 1. The molecule has 3 aromatic rings. The van der Waals surface area contributed by atoms with Crippen molar-refractivity contribution in [2.45, 2.75) is 38.6 Å². The second kappa shape index (κ2) is 10.9. The number of ether oxygens (including phenoxy) is 2. The van der Waals surface area contributed by atoms with Gasteiger partial charge in [-0.2, -0.15) is 0 Å². The standard InChI is InChI=1S/C28H29NO6/c1-28(2,3)21-11-7-19(8-12-21)25(30)29-24(26(31)32)17-18-5-13-23(14-6-18)35-27(33)20-9-15-22(34-4)16-10-20/h5-16,24H,17H2,1-4H3,(H,29,30)(H,31,32). The fraction of sp³-hybridized carbons (Fsp3) is 0.250. The molecule has 2 N–H and O–H groups in total. The first-order chi connectivity index (χ1) is 16.6. The molecule has 182 valence electrons. The van der Waals surface area contributed by atoms with Crippen molar-refractivity contribution in [3.05, 3.63) is 95.1 Å². The minimum Gasteiger partial charge on any atom is -0.497 e. The average molecular weight is 476 g/mol. The molecule has 0 saturated carbocycles. The molecule has 0 aliphatic rings. The van der Waals surface area contributed by atoms with E-state index in [-0.39, 0.29) is 11.8 Å². The van der Waals surface area contributed by atoms with Gasteiger partial charge in [0.05, 0.1) is 12.7 Å². The van der Waals surface area contributed by atoms with Crippen molar-refractivity contribution >= 4 is 17.8 Å². The fourth-order valence-corrected chi connectivity index (χ4v) is 3.39. The van der Waals surface area contributed by atoms with Crippen LogP contribution in [0.15, 0.2) is 72.8 Å². The monoisotopic (exact) mass is 475 g/mol. The Labute approximate surface area is 204 Å². The number of nitrogens with one attached hydrogen (secondary N) is 1. The predicted molar refractivity (Wildman–Crippen MR) is 132 cm³/mol. The van der Waals surface area contributed by atoms with Gasteiger partial charge in [0.15, 0.2) is 0 Å². The largest absolute Gasteiger partial charge is 0.497 e. The van der Waals surface area contributed by atoms with Gasteiger partial charge in [0.25, 0.3) is 5.91 Å². The van der Waals surface area contributed by atoms with Crippen molar-refractivity contribution in [1.82, 2.24) is 5.32 Å². The van der Waals surface area contributed by atoms with E-state index < -0.39 is 23.9 Å². The topological polar surface area (TPSA) is 102 Å². The lowest BCUT2D eigenvalue weighted by Gasteiger charge is -2.19. The van der Waals surface area contributed by atoms with E-state index in [0.717, 1.165) is 5.56 Å². The van der Waals surface area contributed by atoms with Gasteiger partial charge in [-0.05, 0) is 65.1 Å². The van der Waals surface area contributed by atoms with Crippen LogP contribution in [-0.2, 0) is 16.6 Å². The molecule has 7 nitrogen and oxygen atoms in total. The summed E-state index contributed by atoms with van der Waals surface area (Å²) in [4.78, 5) is 36.7. The van der Waals surface area contributed by atoms with Crippen LogP contribution in [-0.4, -0.2) is 36.1 Å². The van der Waals surface area contributed by atoms with Crippen molar-refractivity contribution in [2.24, 2.45) is 0 Å². The first-order valence-electron chi connectivity index (χ1n) is 11.2. The van der Waals surface area contributed by atoms with Crippen molar-refractivity contribution in [1.29, 1.82) is 0 Å². The van der Waals surface area contributed by atoms with Gasteiger partial charge in [-0.3, -0.25) is 4.79 Å². The van der Waals surface area contributed by atoms with Crippen molar-refractivity contribution in [2.75, 3.05) is 7.11 Å². The predicted octanol–water partition coefficient (Wildman–Crippen LogP) is 4.64. The Morgan fingerprint density at radius 2 is 1.37 bits per heavy atom. The van der Waals surface area contributed by atoms with Gasteiger partial charge in [0.2, 0.25) is 0 Å². The van der Waals surface area contributed by atoms with Crippen LogP contribution >= 0.6 is 0 Å². The summed E-state index contributed by atoms with van der Waals surface area (Å²) in [7, 11) is 1.54. The van der Waals surface area contributed by atoms with Gasteiger partial charge in [-0.15, -0.1) is 0 Å². The van der Waals surface area contributed by atoms with Crippen LogP contribution in [0.4, 0.5) is 0 Å². The molecule has 3 aromatic carbocycles. The summed E-state index contributed by atoms with van der Waals surface area (Å²) in [6, 6.07) is 19.1. The number of benzene rings is 3. The maximum Gasteiger partial charge on any atom is 0.343 e. The Kier molecular flexibility index (Phi) is 7.91. The number of carbonyl (C=O) groups is 3. The Hall–Kier alpha value is -4.13. The van der Waals surface area contributed by atoms with E-state index in [4.69, 9.17) is 9.47 Å². The van der Waals surface area contributed by atoms with Crippen molar-refractivity contribution in [3.8, 4) is 11.5 Å². The zero-order chi connectivity index (χ0) is 25.6. The van der Waals surface area contributed by atoms with E-state index in [9.17, 15) is 19.5 Å². The average Bonchev–Trinajstić information content (AvgIpc) is 2.84. The number of carbonyl (C=O) groups excluding carboxylic acids is 2. The number of esters is 1.